The van der Waals surface area contributed by atoms with Crippen molar-refractivity contribution in [3.8, 4) is 0 Å². The number of aliphatic hydroxyl groups excluding tert-OH is 1. The van der Waals surface area contributed by atoms with E-state index in [4.69, 9.17) is 4.42 Å². The number of likely N-dealkylation sites (tertiary alicyclic amines) is 1. The number of rotatable bonds is 3. The van der Waals surface area contributed by atoms with Gasteiger partial charge in [-0.25, -0.2) is 4.79 Å². The summed E-state index contributed by atoms with van der Waals surface area (Å²) in [5, 5.41) is 11.1. The van der Waals surface area contributed by atoms with Crippen LogP contribution in [0.25, 0.3) is 10.8 Å². The lowest BCUT2D eigenvalue weighted by atomic mass is 10.1. The van der Waals surface area contributed by atoms with Gasteiger partial charge < -0.3 is 9.52 Å². The van der Waals surface area contributed by atoms with Gasteiger partial charge in [-0.3, -0.25) is 4.90 Å². The minimum Gasteiger partial charge on any atom is -0.426 e. The first-order chi connectivity index (χ1) is 10.1. The Morgan fingerprint density at radius 2 is 2.18 bits per heavy atom. The van der Waals surface area contributed by atoms with E-state index in [2.05, 4.69) is 4.90 Å². The Morgan fingerprint density at radius 1 is 1.41 bits per heavy atom. The third-order valence-corrected chi connectivity index (χ3v) is 4.58. The van der Waals surface area contributed by atoms with Gasteiger partial charge in [0, 0.05) is 6.04 Å². The zero-order chi connectivity index (χ0) is 15.0. The fourth-order valence-corrected chi connectivity index (χ4v) is 3.32. The predicted molar refractivity (Wildman–Crippen MR) is 89.7 cm³/mol. The second-order valence-electron chi connectivity index (χ2n) is 5.86. The molecule has 0 radical (unpaired) electrons. The summed E-state index contributed by atoms with van der Waals surface area (Å²) in [4.78, 5) is 14.4. The maximum atomic E-state index is 12.2. The molecule has 1 saturated heterocycles. The van der Waals surface area contributed by atoms with E-state index in [-0.39, 0.29) is 36.7 Å². The molecule has 1 aromatic carbocycles. The van der Waals surface area contributed by atoms with Gasteiger partial charge in [0.2, 0.25) is 0 Å². The summed E-state index contributed by atoms with van der Waals surface area (Å²) in [5.41, 5.74) is 0.798. The molecule has 1 N–H and O–H groups in total. The Hall–Kier alpha value is -1.36. The molecule has 2 aromatic rings. The van der Waals surface area contributed by atoms with Crippen molar-refractivity contribution in [2.45, 2.75) is 38.8 Å². The Labute approximate surface area is 136 Å². The molecule has 5 heteroatoms. The number of aryl methyl sites for hydroxylation is 1. The van der Waals surface area contributed by atoms with Gasteiger partial charge in [-0.15, -0.1) is 12.4 Å². The van der Waals surface area contributed by atoms with Gasteiger partial charge in [-0.05, 0) is 56.3 Å². The lowest BCUT2D eigenvalue weighted by Crippen LogP contribution is -2.34. The number of hydrogen-bond acceptors (Lipinski definition) is 4. The molecule has 0 amide bonds. The molecule has 1 fully saturated rings. The van der Waals surface area contributed by atoms with Crippen LogP contribution < -0.4 is 5.63 Å². The van der Waals surface area contributed by atoms with Gasteiger partial charge in [-0.1, -0.05) is 12.1 Å². The van der Waals surface area contributed by atoms with Gasteiger partial charge in [0.15, 0.2) is 0 Å². The largest absolute Gasteiger partial charge is 0.426 e. The third kappa shape index (κ3) is 2.91. The van der Waals surface area contributed by atoms with E-state index in [1.807, 2.05) is 32.0 Å². The zero-order valence-electron chi connectivity index (χ0n) is 12.9. The first-order valence-electron chi connectivity index (χ1n) is 7.52. The standard InChI is InChI=1S/C17H21NO3.ClH/c1-11-5-3-7-14-15(11)9-16(21-17(14)20)12(2)18-8-4-6-13(18)10-19;/h3,5,7,9,12-13,19H,4,6,8,10H2,1-2H3;1H/t12-,13?;/m1./s1. The van der Waals surface area contributed by atoms with E-state index in [1.165, 1.54) is 0 Å². The van der Waals surface area contributed by atoms with Crippen molar-refractivity contribution in [3.05, 3.63) is 46.0 Å². The summed E-state index contributed by atoms with van der Waals surface area (Å²) < 4.78 is 5.53. The highest BCUT2D eigenvalue weighted by Crippen LogP contribution is 2.30. The molecule has 2 heterocycles. The summed E-state index contributed by atoms with van der Waals surface area (Å²) in [5.74, 6) is 0.683. The fourth-order valence-electron chi connectivity index (χ4n) is 3.32. The Bertz CT molecular complexity index is 713. The molecule has 22 heavy (non-hydrogen) atoms. The van der Waals surface area contributed by atoms with Crippen molar-refractivity contribution in [2.24, 2.45) is 0 Å². The first-order valence-corrected chi connectivity index (χ1v) is 7.52. The highest BCUT2D eigenvalue weighted by atomic mass is 35.5. The first kappa shape index (κ1) is 17.0. The Morgan fingerprint density at radius 3 is 2.91 bits per heavy atom. The van der Waals surface area contributed by atoms with Crippen LogP contribution in [0.2, 0.25) is 0 Å². The summed E-state index contributed by atoms with van der Waals surface area (Å²) in [6.45, 7) is 5.13. The van der Waals surface area contributed by atoms with Gasteiger partial charge in [-0.2, -0.15) is 0 Å². The molecule has 0 spiro atoms. The number of fused-ring (bicyclic) bond motifs is 1. The molecule has 4 nitrogen and oxygen atoms in total. The molecule has 120 valence electrons. The lowest BCUT2D eigenvalue weighted by Gasteiger charge is -2.28. The third-order valence-electron chi connectivity index (χ3n) is 4.58. The molecule has 1 unspecified atom stereocenters. The average molecular weight is 324 g/mol. The SMILES string of the molecule is Cc1cccc2c(=O)oc([C@@H](C)N3CCCC3CO)cc12.Cl. The topological polar surface area (TPSA) is 53.7 Å². The highest BCUT2D eigenvalue weighted by molar-refractivity contribution is 5.85. The predicted octanol–water partition coefficient (Wildman–Crippen LogP) is 3.04. The van der Waals surface area contributed by atoms with Gasteiger partial charge >= 0.3 is 5.63 Å². The quantitative estimate of drug-likeness (QED) is 0.943. The molecule has 0 saturated carbocycles. The normalized spacial score (nSPS) is 20.0. The van der Waals surface area contributed by atoms with Crippen LogP contribution in [0, 0.1) is 6.92 Å². The van der Waals surface area contributed by atoms with E-state index in [9.17, 15) is 9.90 Å². The van der Waals surface area contributed by atoms with E-state index in [0.717, 1.165) is 30.3 Å². The van der Waals surface area contributed by atoms with Crippen molar-refractivity contribution in [1.82, 2.24) is 4.90 Å². The second-order valence-corrected chi connectivity index (χ2v) is 5.86. The number of benzene rings is 1. The summed E-state index contributed by atoms with van der Waals surface area (Å²) in [6.07, 6.45) is 2.07. The second kappa shape index (κ2) is 6.82. The average Bonchev–Trinajstić information content (AvgIpc) is 2.96. The summed E-state index contributed by atoms with van der Waals surface area (Å²) >= 11 is 0. The summed E-state index contributed by atoms with van der Waals surface area (Å²) in [7, 11) is 0. The van der Waals surface area contributed by atoms with Gasteiger partial charge in [0.1, 0.15) is 5.76 Å². The number of nitrogens with zero attached hydrogens (tertiary/aromatic N) is 1. The molecular weight excluding hydrogens is 302 g/mol. The van der Waals surface area contributed by atoms with Crippen LogP contribution in [-0.4, -0.2) is 29.2 Å². The van der Waals surface area contributed by atoms with Crippen molar-refractivity contribution in [3.63, 3.8) is 0 Å². The Kier molecular flexibility index (Phi) is 5.27. The van der Waals surface area contributed by atoms with Crippen LogP contribution in [0.1, 0.15) is 37.1 Å². The minimum absolute atomic E-state index is 0. The smallest absolute Gasteiger partial charge is 0.343 e. The fraction of sp³-hybridized carbons (Fsp3) is 0.471. The van der Waals surface area contributed by atoms with E-state index in [1.54, 1.807) is 6.07 Å². The van der Waals surface area contributed by atoms with Crippen LogP contribution in [0.15, 0.2) is 33.5 Å². The van der Waals surface area contributed by atoms with Crippen LogP contribution in [0.5, 0.6) is 0 Å². The molecule has 1 aromatic heterocycles. The van der Waals surface area contributed by atoms with E-state index < -0.39 is 0 Å². The zero-order valence-corrected chi connectivity index (χ0v) is 13.7. The number of hydrogen-bond donors (Lipinski definition) is 1. The molecule has 0 bridgehead atoms. The maximum Gasteiger partial charge on any atom is 0.343 e. The lowest BCUT2D eigenvalue weighted by molar-refractivity contribution is 0.114. The minimum atomic E-state index is -0.280. The van der Waals surface area contributed by atoms with Gasteiger partial charge in [0.25, 0.3) is 0 Å². The molecule has 2 atom stereocenters. The van der Waals surface area contributed by atoms with Crippen molar-refractivity contribution in [1.29, 1.82) is 0 Å². The maximum absolute atomic E-state index is 12.2. The monoisotopic (exact) mass is 323 g/mol. The number of aliphatic hydroxyl groups is 1. The van der Waals surface area contributed by atoms with Crippen LogP contribution in [0.4, 0.5) is 0 Å². The molecule has 1 aliphatic heterocycles. The van der Waals surface area contributed by atoms with E-state index in [0.29, 0.717) is 11.1 Å². The Balaban J connectivity index is 0.00000176. The van der Waals surface area contributed by atoms with Crippen molar-refractivity contribution >= 4 is 23.2 Å². The van der Waals surface area contributed by atoms with Crippen LogP contribution >= 0.6 is 12.4 Å². The molecule has 1 aliphatic rings. The van der Waals surface area contributed by atoms with E-state index >= 15 is 0 Å². The molecule has 0 aliphatic carbocycles. The highest BCUT2D eigenvalue weighted by Gasteiger charge is 2.30. The van der Waals surface area contributed by atoms with Gasteiger partial charge in [0.05, 0.1) is 18.0 Å². The number of halogens is 1. The van der Waals surface area contributed by atoms with Crippen molar-refractivity contribution in [2.75, 3.05) is 13.2 Å². The van der Waals surface area contributed by atoms with Crippen LogP contribution in [0.3, 0.4) is 0 Å². The van der Waals surface area contributed by atoms with Crippen molar-refractivity contribution < 1.29 is 9.52 Å². The molecule has 3 rings (SSSR count). The molecular formula is C17H22ClNO3. The summed E-state index contributed by atoms with van der Waals surface area (Å²) in [6, 6.07) is 7.82. The van der Waals surface area contributed by atoms with Crippen LogP contribution in [-0.2, 0) is 0 Å².